The maximum Gasteiger partial charge on any atom is 0.183 e. The molecule has 0 fully saturated rings. The summed E-state index contributed by atoms with van der Waals surface area (Å²) in [6, 6.07) is 13.2. The monoisotopic (exact) mass is 314 g/mol. The second kappa shape index (κ2) is 4.69. The Kier molecular flexibility index (Phi) is 2.80. The van der Waals surface area contributed by atoms with Crippen molar-refractivity contribution in [1.29, 1.82) is 0 Å². The number of halogens is 2. The average molecular weight is 315 g/mol. The fourth-order valence-electron chi connectivity index (χ4n) is 2.27. The SMILES string of the molecule is Clc1cccc(-c2nc3c4ccccc4ncn3n2)c1Cl. The van der Waals surface area contributed by atoms with Crippen LogP contribution in [0.1, 0.15) is 0 Å². The highest BCUT2D eigenvalue weighted by Crippen LogP contribution is 2.32. The quantitative estimate of drug-likeness (QED) is 0.527. The number of hydrogen-bond donors (Lipinski definition) is 0. The highest BCUT2D eigenvalue weighted by atomic mass is 35.5. The van der Waals surface area contributed by atoms with Gasteiger partial charge in [-0.25, -0.2) is 14.5 Å². The third kappa shape index (κ3) is 1.95. The van der Waals surface area contributed by atoms with Crippen molar-refractivity contribution in [2.45, 2.75) is 0 Å². The second-order valence-electron chi connectivity index (χ2n) is 4.57. The maximum atomic E-state index is 6.24. The molecule has 0 bridgehead atoms. The van der Waals surface area contributed by atoms with Crippen molar-refractivity contribution in [3.05, 3.63) is 58.8 Å². The second-order valence-corrected chi connectivity index (χ2v) is 5.35. The zero-order chi connectivity index (χ0) is 14.4. The summed E-state index contributed by atoms with van der Waals surface area (Å²) in [4.78, 5) is 8.94. The van der Waals surface area contributed by atoms with Crippen LogP contribution in [0.5, 0.6) is 0 Å². The van der Waals surface area contributed by atoms with Crippen LogP contribution in [0.4, 0.5) is 0 Å². The van der Waals surface area contributed by atoms with Crippen molar-refractivity contribution >= 4 is 39.8 Å². The highest BCUT2D eigenvalue weighted by Gasteiger charge is 2.13. The molecular weight excluding hydrogens is 307 g/mol. The number of nitrogens with zero attached hydrogens (tertiary/aromatic N) is 4. The van der Waals surface area contributed by atoms with Gasteiger partial charge in [0.15, 0.2) is 11.5 Å². The molecule has 0 spiro atoms. The van der Waals surface area contributed by atoms with Crippen LogP contribution in [0.3, 0.4) is 0 Å². The lowest BCUT2D eigenvalue weighted by molar-refractivity contribution is 0.938. The first-order valence-corrected chi connectivity index (χ1v) is 7.04. The molecular formula is C15H8Cl2N4. The molecule has 0 N–H and O–H groups in total. The van der Waals surface area contributed by atoms with Gasteiger partial charge >= 0.3 is 0 Å². The minimum Gasteiger partial charge on any atom is -0.236 e. The molecule has 0 saturated heterocycles. The van der Waals surface area contributed by atoms with E-state index in [1.807, 2.05) is 36.4 Å². The smallest absolute Gasteiger partial charge is 0.183 e. The summed E-state index contributed by atoms with van der Waals surface area (Å²) >= 11 is 12.3. The summed E-state index contributed by atoms with van der Waals surface area (Å²) in [6.45, 7) is 0. The van der Waals surface area contributed by atoms with Crippen LogP contribution in [-0.4, -0.2) is 19.6 Å². The lowest BCUT2D eigenvalue weighted by atomic mass is 10.2. The van der Waals surface area contributed by atoms with E-state index in [1.54, 1.807) is 16.9 Å². The van der Waals surface area contributed by atoms with Crippen molar-refractivity contribution in [2.75, 3.05) is 0 Å². The molecule has 0 amide bonds. The molecule has 2 heterocycles. The van der Waals surface area contributed by atoms with Gasteiger partial charge in [0.05, 0.1) is 15.6 Å². The number of aromatic nitrogens is 4. The number of para-hydroxylation sites is 1. The van der Waals surface area contributed by atoms with Crippen molar-refractivity contribution in [3.63, 3.8) is 0 Å². The lowest BCUT2D eigenvalue weighted by Gasteiger charge is -2.00. The van der Waals surface area contributed by atoms with Gasteiger partial charge in [0.2, 0.25) is 0 Å². The molecule has 21 heavy (non-hydrogen) atoms. The van der Waals surface area contributed by atoms with E-state index in [0.717, 1.165) is 16.6 Å². The number of benzene rings is 2. The van der Waals surface area contributed by atoms with Crippen molar-refractivity contribution in [3.8, 4) is 11.4 Å². The zero-order valence-corrected chi connectivity index (χ0v) is 12.2. The van der Waals surface area contributed by atoms with Crippen LogP contribution >= 0.6 is 23.2 Å². The van der Waals surface area contributed by atoms with Gasteiger partial charge in [-0.3, -0.25) is 0 Å². The first kappa shape index (κ1) is 12.6. The van der Waals surface area contributed by atoms with Gasteiger partial charge in [0, 0.05) is 10.9 Å². The largest absolute Gasteiger partial charge is 0.236 e. The summed E-state index contributed by atoms with van der Waals surface area (Å²) in [5.41, 5.74) is 2.32. The van der Waals surface area contributed by atoms with Gasteiger partial charge in [-0.05, 0) is 24.3 Å². The topological polar surface area (TPSA) is 43.1 Å². The van der Waals surface area contributed by atoms with Gasteiger partial charge in [-0.15, -0.1) is 5.10 Å². The van der Waals surface area contributed by atoms with E-state index >= 15 is 0 Å². The number of hydrogen-bond acceptors (Lipinski definition) is 3. The summed E-state index contributed by atoms with van der Waals surface area (Å²) in [7, 11) is 0. The number of rotatable bonds is 1. The van der Waals surface area contributed by atoms with E-state index in [4.69, 9.17) is 23.2 Å². The zero-order valence-electron chi connectivity index (χ0n) is 10.7. The molecule has 0 aliphatic heterocycles. The Labute approximate surface area is 130 Å². The van der Waals surface area contributed by atoms with E-state index in [0.29, 0.717) is 21.4 Å². The average Bonchev–Trinajstić information content (AvgIpc) is 2.94. The Morgan fingerprint density at radius 1 is 0.952 bits per heavy atom. The van der Waals surface area contributed by atoms with Crippen molar-refractivity contribution < 1.29 is 0 Å². The van der Waals surface area contributed by atoms with Gasteiger partial charge in [0.25, 0.3) is 0 Å². The fourth-order valence-corrected chi connectivity index (χ4v) is 2.66. The van der Waals surface area contributed by atoms with E-state index in [-0.39, 0.29) is 0 Å². The van der Waals surface area contributed by atoms with Gasteiger partial charge in [-0.2, -0.15) is 0 Å². The molecule has 6 heteroatoms. The first-order chi connectivity index (χ1) is 10.2. The third-order valence-corrected chi connectivity index (χ3v) is 4.09. The normalized spacial score (nSPS) is 11.3. The molecule has 0 atom stereocenters. The van der Waals surface area contributed by atoms with Gasteiger partial charge in [-0.1, -0.05) is 41.4 Å². The molecule has 0 saturated carbocycles. The standard InChI is InChI=1S/C15H8Cl2N4/c16-11-6-3-5-10(13(11)17)14-19-15-9-4-1-2-7-12(9)18-8-21(15)20-14/h1-8H. The van der Waals surface area contributed by atoms with E-state index < -0.39 is 0 Å². The Hall–Kier alpha value is -2.17. The molecule has 0 radical (unpaired) electrons. The van der Waals surface area contributed by atoms with Gasteiger partial charge < -0.3 is 0 Å². The highest BCUT2D eigenvalue weighted by molar-refractivity contribution is 6.43. The molecule has 102 valence electrons. The Morgan fingerprint density at radius 2 is 1.81 bits per heavy atom. The molecule has 0 aliphatic rings. The van der Waals surface area contributed by atoms with E-state index in [1.165, 1.54) is 0 Å². The van der Waals surface area contributed by atoms with Crippen LogP contribution in [0.15, 0.2) is 48.8 Å². The minimum absolute atomic E-state index is 0.451. The van der Waals surface area contributed by atoms with Gasteiger partial charge in [0.1, 0.15) is 6.33 Å². The Morgan fingerprint density at radius 3 is 2.71 bits per heavy atom. The van der Waals surface area contributed by atoms with Crippen LogP contribution in [0.2, 0.25) is 10.0 Å². The van der Waals surface area contributed by atoms with E-state index in [9.17, 15) is 0 Å². The molecule has 2 aromatic carbocycles. The molecule has 0 unspecified atom stereocenters. The van der Waals surface area contributed by atoms with Crippen LogP contribution in [-0.2, 0) is 0 Å². The molecule has 2 aromatic heterocycles. The number of fused-ring (bicyclic) bond motifs is 3. The third-order valence-electron chi connectivity index (χ3n) is 3.27. The Balaban J connectivity index is 2.03. The van der Waals surface area contributed by atoms with E-state index in [2.05, 4.69) is 15.1 Å². The minimum atomic E-state index is 0.451. The maximum absolute atomic E-state index is 6.24. The predicted octanol–water partition coefficient (Wildman–Crippen LogP) is 4.25. The fraction of sp³-hybridized carbons (Fsp3) is 0. The molecule has 0 aliphatic carbocycles. The van der Waals surface area contributed by atoms with Crippen LogP contribution < -0.4 is 0 Å². The van der Waals surface area contributed by atoms with Crippen LogP contribution in [0, 0.1) is 0 Å². The summed E-state index contributed by atoms with van der Waals surface area (Å²) in [5, 5.41) is 6.31. The summed E-state index contributed by atoms with van der Waals surface area (Å²) in [5.74, 6) is 0.528. The lowest BCUT2D eigenvalue weighted by Crippen LogP contribution is -1.90. The predicted molar refractivity (Wildman–Crippen MR) is 83.7 cm³/mol. The summed E-state index contributed by atoms with van der Waals surface area (Å²) in [6.07, 6.45) is 1.65. The van der Waals surface area contributed by atoms with Crippen molar-refractivity contribution in [2.24, 2.45) is 0 Å². The Bertz CT molecular complexity index is 978. The van der Waals surface area contributed by atoms with Crippen LogP contribution in [0.25, 0.3) is 27.9 Å². The first-order valence-electron chi connectivity index (χ1n) is 6.28. The van der Waals surface area contributed by atoms with Crippen molar-refractivity contribution in [1.82, 2.24) is 19.6 Å². The molecule has 4 rings (SSSR count). The molecule has 4 aromatic rings. The summed E-state index contributed by atoms with van der Waals surface area (Å²) < 4.78 is 1.65. The molecule has 4 nitrogen and oxygen atoms in total.